The lowest BCUT2D eigenvalue weighted by atomic mass is 9.88. The third-order valence-electron chi connectivity index (χ3n) is 5.11. The molecular formula is C18H27Cl3N4O2. The Bertz CT molecular complexity index is 635. The SMILES string of the molecule is CC(C(=O)N1CCN(CC(=O)Nc2ccccc2Cl)CC1)C1CNC1.Cl.Cl. The number of carbonyl (C=O) groups excluding carboxylic acids is 2. The molecule has 2 aliphatic rings. The summed E-state index contributed by atoms with van der Waals surface area (Å²) in [5.74, 6) is 0.705. The van der Waals surface area contributed by atoms with E-state index in [0.29, 0.717) is 36.3 Å². The molecular weight excluding hydrogens is 411 g/mol. The number of hydrogen-bond acceptors (Lipinski definition) is 4. The van der Waals surface area contributed by atoms with E-state index in [1.807, 2.05) is 24.0 Å². The van der Waals surface area contributed by atoms with Crippen molar-refractivity contribution >= 4 is 53.9 Å². The fraction of sp³-hybridized carbons (Fsp3) is 0.556. The van der Waals surface area contributed by atoms with Crippen LogP contribution in [0.5, 0.6) is 0 Å². The van der Waals surface area contributed by atoms with E-state index in [1.54, 1.807) is 12.1 Å². The molecule has 27 heavy (non-hydrogen) atoms. The van der Waals surface area contributed by atoms with Gasteiger partial charge in [0.15, 0.2) is 0 Å². The molecule has 2 heterocycles. The predicted molar refractivity (Wildman–Crippen MR) is 113 cm³/mol. The smallest absolute Gasteiger partial charge is 0.238 e. The molecule has 9 heteroatoms. The Morgan fingerprint density at radius 3 is 2.37 bits per heavy atom. The first-order chi connectivity index (χ1) is 12.0. The van der Waals surface area contributed by atoms with Crippen LogP contribution in [0, 0.1) is 11.8 Å². The van der Waals surface area contributed by atoms with Crippen molar-refractivity contribution in [1.82, 2.24) is 15.1 Å². The zero-order chi connectivity index (χ0) is 17.8. The molecule has 0 spiro atoms. The van der Waals surface area contributed by atoms with Gasteiger partial charge in [0.2, 0.25) is 11.8 Å². The highest BCUT2D eigenvalue weighted by Crippen LogP contribution is 2.21. The highest BCUT2D eigenvalue weighted by Gasteiger charge is 2.33. The molecule has 1 aromatic rings. The van der Waals surface area contributed by atoms with E-state index in [4.69, 9.17) is 11.6 Å². The van der Waals surface area contributed by atoms with Gasteiger partial charge in [-0.2, -0.15) is 0 Å². The Balaban J connectivity index is 0.00000182. The predicted octanol–water partition coefficient (Wildman–Crippen LogP) is 2.12. The van der Waals surface area contributed by atoms with Gasteiger partial charge >= 0.3 is 0 Å². The molecule has 1 atom stereocenters. The molecule has 2 saturated heterocycles. The maximum Gasteiger partial charge on any atom is 0.238 e. The number of para-hydroxylation sites is 1. The summed E-state index contributed by atoms with van der Waals surface area (Å²) in [5, 5.41) is 6.59. The second kappa shape index (κ2) is 11.1. The average molecular weight is 438 g/mol. The van der Waals surface area contributed by atoms with Gasteiger partial charge in [-0.05, 0) is 31.1 Å². The number of halogens is 3. The molecule has 0 radical (unpaired) electrons. The van der Waals surface area contributed by atoms with Crippen LogP contribution in [0.25, 0.3) is 0 Å². The quantitative estimate of drug-likeness (QED) is 0.740. The van der Waals surface area contributed by atoms with Gasteiger partial charge in [-0.3, -0.25) is 14.5 Å². The number of amides is 2. The molecule has 1 unspecified atom stereocenters. The van der Waals surface area contributed by atoms with E-state index in [9.17, 15) is 9.59 Å². The Kier molecular flexibility index (Phi) is 9.84. The lowest BCUT2D eigenvalue weighted by molar-refractivity contribution is -0.139. The first kappa shape index (κ1) is 24.0. The minimum absolute atomic E-state index is 0. The van der Waals surface area contributed by atoms with E-state index >= 15 is 0 Å². The summed E-state index contributed by atoms with van der Waals surface area (Å²) in [5.41, 5.74) is 0.630. The van der Waals surface area contributed by atoms with Crippen LogP contribution in [0.2, 0.25) is 5.02 Å². The van der Waals surface area contributed by atoms with E-state index in [-0.39, 0.29) is 42.5 Å². The van der Waals surface area contributed by atoms with Crippen molar-refractivity contribution in [2.45, 2.75) is 6.92 Å². The number of hydrogen-bond donors (Lipinski definition) is 2. The molecule has 2 N–H and O–H groups in total. The van der Waals surface area contributed by atoms with Crippen molar-refractivity contribution in [3.63, 3.8) is 0 Å². The van der Waals surface area contributed by atoms with Gasteiger partial charge in [0.25, 0.3) is 0 Å². The van der Waals surface area contributed by atoms with Gasteiger partial charge < -0.3 is 15.5 Å². The maximum atomic E-state index is 12.5. The van der Waals surface area contributed by atoms with Crippen LogP contribution in [-0.2, 0) is 9.59 Å². The summed E-state index contributed by atoms with van der Waals surface area (Å²) in [6.45, 7) is 7.02. The minimum atomic E-state index is -0.0817. The van der Waals surface area contributed by atoms with Crippen LogP contribution in [-0.4, -0.2) is 67.4 Å². The van der Waals surface area contributed by atoms with Crippen LogP contribution in [0.15, 0.2) is 24.3 Å². The van der Waals surface area contributed by atoms with Crippen LogP contribution in [0.1, 0.15) is 6.92 Å². The third kappa shape index (κ3) is 6.22. The Morgan fingerprint density at radius 2 is 1.81 bits per heavy atom. The molecule has 3 rings (SSSR count). The van der Waals surface area contributed by atoms with Crippen molar-refractivity contribution < 1.29 is 9.59 Å². The molecule has 1 aromatic carbocycles. The van der Waals surface area contributed by atoms with Crippen molar-refractivity contribution in [2.24, 2.45) is 11.8 Å². The number of rotatable bonds is 5. The topological polar surface area (TPSA) is 64.7 Å². The zero-order valence-corrected chi connectivity index (χ0v) is 17.7. The molecule has 0 saturated carbocycles. The van der Waals surface area contributed by atoms with Crippen LogP contribution < -0.4 is 10.6 Å². The monoisotopic (exact) mass is 436 g/mol. The molecule has 0 aliphatic carbocycles. The summed E-state index contributed by atoms with van der Waals surface area (Å²) >= 11 is 6.06. The van der Waals surface area contributed by atoms with Gasteiger partial charge in [-0.15, -0.1) is 24.8 Å². The molecule has 0 aromatic heterocycles. The lowest BCUT2D eigenvalue weighted by Crippen LogP contribution is -2.55. The number of nitrogens with zero attached hydrogens (tertiary/aromatic N) is 2. The standard InChI is InChI=1S/C18H25ClN4O2.2ClH/c1-13(14-10-20-11-14)18(25)23-8-6-22(7-9-23)12-17(24)21-16-5-3-2-4-15(16)19;;/h2-5,13-14,20H,6-12H2,1H3,(H,21,24);2*1H. The Labute approximate surface area is 177 Å². The average Bonchev–Trinajstić information content (AvgIpc) is 2.55. The highest BCUT2D eigenvalue weighted by molar-refractivity contribution is 6.33. The van der Waals surface area contributed by atoms with Crippen LogP contribution in [0.4, 0.5) is 5.69 Å². The van der Waals surface area contributed by atoms with E-state index < -0.39 is 0 Å². The fourth-order valence-electron chi connectivity index (χ4n) is 3.24. The summed E-state index contributed by atoms with van der Waals surface area (Å²) in [6, 6.07) is 7.20. The summed E-state index contributed by atoms with van der Waals surface area (Å²) in [6.07, 6.45) is 0. The van der Waals surface area contributed by atoms with Gasteiger partial charge in [0, 0.05) is 32.1 Å². The normalized spacial score (nSPS) is 18.5. The number of carbonyl (C=O) groups is 2. The Hall–Kier alpha value is -1.05. The Morgan fingerprint density at radius 1 is 1.19 bits per heavy atom. The van der Waals surface area contributed by atoms with Crippen LogP contribution in [0.3, 0.4) is 0 Å². The molecule has 2 amide bonds. The second-order valence-electron chi connectivity index (χ2n) is 6.84. The largest absolute Gasteiger partial charge is 0.340 e. The molecule has 152 valence electrons. The number of nitrogens with one attached hydrogen (secondary N) is 2. The second-order valence-corrected chi connectivity index (χ2v) is 7.24. The lowest BCUT2D eigenvalue weighted by Gasteiger charge is -2.39. The zero-order valence-electron chi connectivity index (χ0n) is 15.3. The molecule has 2 aliphatic heterocycles. The minimum Gasteiger partial charge on any atom is -0.340 e. The summed E-state index contributed by atoms with van der Waals surface area (Å²) in [4.78, 5) is 28.7. The van der Waals surface area contributed by atoms with Gasteiger partial charge in [0.1, 0.15) is 0 Å². The van der Waals surface area contributed by atoms with Gasteiger partial charge in [-0.25, -0.2) is 0 Å². The summed E-state index contributed by atoms with van der Waals surface area (Å²) in [7, 11) is 0. The van der Waals surface area contributed by atoms with E-state index in [2.05, 4.69) is 15.5 Å². The highest BCUT2D eigenvalue weighted by atomic mass is 35.5. The van der Waals surface area contributed by atoms with Crippen molar-refractivity contribution in [1.29, 1.82) is 0 Å². The first-order valence-corrected chi connectivity index (χ1v) is 9.18. The fourth-order valence-corrected chi connectivity index (χ4v) is 3.42. The van der Waals surface area contributed by atoms with Gasteiger partial charge in [0.05, 0.1) is 17.3 Å². The molecule has 0 bridgehead atoms. The maximum absolute atomic E-state index is 12.5. The molecule has 2 fully saturated rings. The third-order valence-corrected chi connectivity index (χ3v) is 5.44. The molecule has 6 nitrogen and oxygen atoms in total. The van der Waals surface area contributed by atoms with E-state index in [1.165, 1.54) is 0 Å². The van der Waals surface area contributed by atoms with Crippen molar-refractivity contribution in [2.75, 3.05) is 51.1 Å². The van der Waals surface area contributed by atoms with Crippen molar-refractivity contribution in [3.8, 4) is 0 Å². The first-order valence-electron chi connectivity index (χ1n) is 8.81. The number of anilines is 1. The van der Waals surface area contributed by atoms with Gasteiger partial charge in [-0.1, -0.05) is 30.7 Å². The van der Waals surface area contributed by atoms with E-state index in [0.717, 1.165) is 26.2 Å². The van der Waals surface area contributed by atoms with Crippen molar-refractivity contribution in [3.05, 3.63) is 29.3 Å². The number of benzene rings is 1. The van der Waals surface area contributed by atoms with Crippen LogP contribution >= 0.6 is 36.4 Å². The number of piperazine rings is 1. The summed E-state index contributed by atoms with van der Waals surface area (Å²) < 4.78 is 0.